The third-order valence-electron chi connectivity index (χ3n) is 2.70. The molecule has 0 amide bonds. The molecular weight excluding hydrogens is 310 g/mol. The molecule has 0 atom stereocenters. The zero-order valence-electron chi connectivity index (χ0n) is 11.2. The fraction of sp³-hybridized carbons (Fsp3) is 0.176. The van der Waals surface area contributed by atoms with Crippen molar-refractivity contribution < 1.29 is 9.13 Å². The molecule has 0 aromatic heterocycles. The Morgan fingerprint density at radius 3 is 2.76 bits per heavy atom. The summed E-state index contributed by atoms with van der Waals surface area (Å²) in [6.45, 7) is 0.275. The molecule has 0 aliphatic heterocycles. The first-order valence-corrected chi connectivity index (χ1v) is 7.32. The van der Waals surface area contributed by atoms with Gasteiger partial charge in [0, 0.05) is 23.4 Å². The highest BCUT2D eigenvalue weighted by atomic mass is 35.5. The van der Waals surface area contributed by atoms with Gasteiger partial charge >= 0.3 is 0 Å². The van der Waals surface area contributed by atoms with E-state index >= 15 is 0 Å². The lowest BCUT2D eigenvalue weighted by molar-refractivity contribution is 0.306. The molecular formula is C17H13Cl2FO. The number of hydrogen-bond donors (Lipinski definition) is 0. The third kappa shape index (κ3) is 4.97. The second-order valence-electron chi connectivity index (χ2n) is 4.29. The molecule has 0 N–H and O–H groups in total. The largest absolute Gasteiger partial charge is 0.489 e. The van der Waals surface area contributed by atoms with Gasteiger partial charge < -0.3 is 4.74 Å². The minimum absolute atomic E-state index is 0.275. The van der Waals surface area contributed by atoms with E-state index in [0.717, 1.165) is 11.1 Å². The average molecular weight is 323 g/mol. The van der Waals surface area contributed by atoms with Gasteiger partial charge in [0.25, 0.3) is 0 Å². The van der Waals surface area contributed by atoms with Crippen molar-refractivity contribution in [3.05, 3.63) is 64.4 Å². The molecule has 0 fully saturated rings. The lowest BCUT2D eigenvalue weighted by Crippen LogP contribution is -1.97. The molecule has 1 nitrogen and oxygen atoms in total. The van der Waals surface area contributed by atoms with Gasteiger partial charge in [-0.15, -0.1) is 11.6 Å². The Morgan fingerprint density at radius 1 is 1.14 bits per heavy atom. The number of ether oxygens (including phenoxy) is 1. The van der Waals surface area contributed by atoms with Crippen molar-refractivity contribution in [1.29, 1.82) is 0 Å². The van der Waals surface area contributed by atoms with Crippen molar-refractivity contribution in [2.24, 2.45) is 0 Å². The van der Waals surface area contributed by atoms with Gasteiger partial charge in [0.05, 0.1) is 5.02 Å². The van der Waals surface area contributed by atoms with Crippen LogP contribution in [0.2, 0.25) is 5.02 Å². The zero-order valence-corrected chi connectivity index (χ0v) is 12.7. The smallest absolute Gasteiger partial charge is 0.124 e. The van der Waals surface area contributed by atoms with E-state index in [2.05, 4.69) is 11.8 Å². The summed E-state index contributed by atoms with van der Waals surface area (Å²) in [5, 5.41) is 0.355. The van der Waals surface area contributed by atoms with Crippen LogP contribution in [0.5, 0.6) is 5.75 Å². The Bertz CT molecular complexity index is 674. The monoisotopic (exact) mass is 322 g/mol. The topological polar surface area (TPSA) is 9.23 Å². The minimum Gasteiger partial charge on any atom is -0.489 e. The van der Waals surface area contributed by atoms with Crippen LogP contribution < -0.4 is 4.74 Å². The number of alkyl halides is 1. The molecule has 0 bridgehead atoms. The Hall–Kier alpha value is -1.69. The van der Waals surface area contributed by atoms with Crippen LogP contribution in [0.25, 0.3) is 0 Å². The van der Waals surface area contributed by atoms with E-state index in [0.29, 0.717) is 23.1 Å². The van der Waals surface area contributed by atoms with Crippen LogP contribution in [0.15, 0.2) is 42.5 Å². The normalized spacial score (nSPS) is 9.86. The van der Waals surface area contributed by atoms with E-state index in [9.17, 15) is 4.39 Å². The Balaban J connectivity index is 2.03. The maximum Gasteiger partial charge on any atom is 0.124 e. The van der Waals surface area contributed by atoms with Crippen LogP contribution in [-0.2, 0) is 6.61 Å². The summed E-state index contributed by atoms with van der Waals surface area (Å²) < 4.78 is 18.6. The summed E-state index contributed by atoms with van der Waals surface area (Å²) in [4.78, 5) is 0. The highest BCUT2D eigenvalue weighted by Gasteiger charge is 2.03. The Labute approximate surface area is 133 Å². The van der Waals surface area contributed by atoms with Crippen molar-refractivity contribution in [1.82, 2.24) is 0 Å². The average Bonchev–Trinajstić information content (AvgIpc) is 2.47. The van der Waals surface area contributed by atoms with Crippen LogP contribution >= 0.6 is 23.2 Å². The van der Waals surface area contributed by atoms with Crippen LogP contribution in [0.3, 0.4) is 0 Å². The molecule has 2 rings (SSSR count). The van der Waals surface area contributed by atoms with Gasteiger partial charge in [0.2, 0.25) is 0 Å². The molecule has 0 spiro atoms. The second kappa shape index (κ2) is 7.93. The van der Waals surface area contributed by atoms with Gasteiger partial charge in [-0.05, 0) is 30.3 Å². The molecule has 0 radical (unpaired) electrons. The number of rotatable bonds is 4. The standard InChI is InChI=1S/C17H13Cl2FO/c18-9-2-1-4-13-5-3-6-16(10-13)21-12-14-7-8-15(20)11-17(14)19/h3,5-8,10-11H,2,9,12H2. The van der Waals surface area contributed by atoms with Gasteiger partial charge in [0.15, 0.2) is 0 Å². The predicted molar refractivity (Wildman–Crippen MR) is 84.4 cm³/mol. The van der Waals surface area contributed by atoms with Crippen LogP contribution in [-0.4, -0.2) is 5.88 Å². The molecule has 0 saturated carbocycles. The molecule has 2 aromatic carbocycles. The van der Waals surface area contributed by atoms with Crippen molar-refractivity contribution in [3.63, 3.8) is 0 Å². The van der Waals surface area contributed by atoms with E-state index in [1.807, 2.05) is 24.3 Å². The van der Waals surface area contributed by atoms with Gasteiger partial charge in [-0.1, -0.05) is 35.6 Å². The highest BCUT2D eigenvalue weighted by Crippen LogP contribution is 2.20. The summed E-state index contributed by atoms with van der Waals surface area (Å²) in [5.41, 5.74) is 1.60. The SMILES string of the molecule is Fc1ccc(COc2cccc(C#CCCCl)c2)c(Cl)c1. The molecule has 4 heteroatoms. The van der Waals surface area contributed by atoms with Gasteiger partial charge in [-0.25, -0.2) is 4.39 Å². The van der Waals surface area contributed by atoms with Crippen molar-refractivity contribution in [3.8, 4) is 17.6 Å². The molecule has 0 heterocycles. The van der Waals surface area contributed by atoms with E-state index in [1.165, 1.54) is 12.1 Å². The molecule has 0 aliphatic rings. The van der Waals surface area contributed by atoms with Crippen molar-refractivity contribution in [2.75, 3.05) is 5.88 Å². The molecule has 0 unspecified atom stereocenters. The number of hydrogen-bond acceptors (Lipinski definition) is 1. The van der Waals surface area contributed by atoms with Crippen molar-refractivity contribution in [2.45, 2.75) is 13.0 Å². The summed E-state index contributed by atoms with van der Waals surface area (Å²) in [5.74, 6) is 6.83. The van der Waals surface area contributed by atoms with Gasteiger partial charge in [-0.2, -0.15) is 0 Å². The molecule has 108 valence electrons. The van der Waals surface area contributed by atoms with E-state index in [-0.39, 0.29) is 12.4 Å². The lowest BCUT2D eigenvalue weighted by atomic mass is 10.2. The first kappa shape index (κ1) is 15.7. The first-order valence-electron chi connectivity index (χ1n) is 6.40. The van der Waals surface area contributed by atoms with Crippen LogP contribution in [0.1, 0.15) is 17.5 Å². The van der Waals surface area contributed by atoms with Gasteiger partial charge in [-0.3, -0.25) is 0 Å². The molecule has 21 heavy (non-hydrogen) atoms. The zero-order chi connectivity index (χ0) is 15.1. The van der Waals surface area contributed by atoms with Crippen LogP contribution in [0.4, 0.5) is 4.39 Å². The maximum absolute atomic E-state index is 13.0. The summed E-state index contributed by atoms with van der Waals surface area (Å²) in [6, 6.07) is 11.7. The fourth-order valence-electron chi connectivity index (χ4n) is 1.68. The molecule has 0 aliphatic carbocycles. The highest BCUT2D eigenvalue weighted by molar-refractivity contribution is 6.31. The second-order valence-corrected chi connectivity index (χ2v) is 5.08. The summed E-state index contributed by atoms with van der Waals surface area (Å²) >= 11 is 11.5. The quantitative estimate of drug-likeness (QED) is 0.566. The molecule has 0 saturated heterocycles. The van der Waals surface area contributed by atoms with Crippen molar-refractivity contribution >= 4 is 23.2 Å². The number of benzene rings is 2. The first-order chi connectivity index (χ1) is 10.2. The Morgan fingerprint density at radius 2 is 2.00 bits per heavy atom. The molecule has 2 aromatic rings. The summed E-state index contributed by atoms with van der Waals surface area (Å²) in [6.07, 6.45) is 0.651. The van der Waals surface area contributed by atoms with Crippen LogP contribution in [0, 0.1) is 17.7 Å². The minimum atomic E-state index is -0.361. The van der Waals surface area contributed by atoms with E-state index < -0.39 is 0 Å². The third-order valence-corrected chi connectivity index (χ3v) is 3.24. The summed E-state index contributed by atoms with van der Waals surface area (Å²) in [7, 11) is 0. The van der Waals surface area contributed by atoms with Gasteiger partial charge in [0.1, 0.15) is 18.2 Å². The van der Waals surface area contributed by atoms with E-state index in [1.54, 1.807) is 6.07 Å². The Kier molecular flexibility index (Phi) is 5.92. The fourth-order valence-corrected chi connectivity index (χ4v) is 1.99. The maximum atomic E-state index is 13.0. The van der Waals surface area contributed by atoms with E-state index in [4.69, 9.17) is 27.9 Å². The number of halogens is 3. The predicted octanol–water partition coefficient (Wildman–Crippen LogP) is 5.04. The lowest BCUT2D eigenvalue weighted by Gasteiger charge is -2.08.